The third-order valence-corrected chi connectivity index (χ3v) is 4.32. The smallest absolute Gasteiger partial charge is 0.0766 e. The lowest BCUT2D eigenvalue weighted by atomic mass is 10.0. The summed E-state index contributed by atoms with van der Waals surface area (Å²) in [7, 11) is 0. The van der Waals surface area contributed by atoms with Gasteiger partial charge in [0, 0.05) is 25.4 Å². The average molecular weight is 338 g/mol. The number of halogens is 1. The van der Waals surface area contributed by atoms with Crippen molar-refractivity contribution in [1.29, 1.82) is 0 Å². The monoisotopic (exact) mass is 337 g/mol. The Kier molecular flexibility index (Phi) is 5.28. The Morgan fingerprint density at radius 3 is 2.60 bits per heavy atom. The fraction of sp³-hybridized carbons (Fsp3) is 0.429. The highest BCUT2D eigenvalue weighted by Gasteiger charge is 2.19. The molecule has 0 saturated heterocycles. The van der Waals surface area contributed by atoms with E-state index < -0.39 is 0 Å². The normalized spacial score (nSPS) is 12.6. The van der Waals surface area contributed by atoms with Crippen LogP contribution in [0.3, 0.4) is 0 Å². The Labute approximate surface area is 127 Å². The number of nitrogens with two attached hydrogens (primary N) is 1. The van der Waals surface area contributed by atoms with E-state index in [1.165, 1.54) is 5.69 Å². The van der Waals surface area contributed by atoms with Crippen LogP contribution in [0.15, 0.2) is 29.0 Å². The van der Waals surface area contributed by atoms with E-state index in [2.05, 4.69) is 45.3 Å². The number of nitrogens with zero attached hydrogens (tertiary/aromatic N) is 3. The van der Waals surface area contributed by atoms with Crippen LogP contribution in [0.1, 0.15) is 36.8 Å². The summed E-state index contributed by atoms with van der Waals surface area (Å²) in [6, 6.07) is 4.00. The van der Waals surface area contributed by atoms with Crippen LogP contribution in [0.5, 0.6) is 0 Å². The Morgan fingerprint density at radius 1 is 1.35 bits per heavy atom. The molecule has 0 aromatic carbocycles. The standard InChI is InChI=1S/C14H20BrN5/c1-3-11-14(15)13(20(4-2)19-11)9-12(18-16)10-5-7-17-8-6-10/h5-8,12,18H,3-4,9,16H2,1-2H3. The highest BCUT2D eigenvalue weighted by atomic mass is 79.9. The maximum Gasteiger partial charge on any atom is 0.0766 e. The van der Waals surface area contributed by atoms with Gasteiger partial charge < -0.3 is 0 Å². The second kappa shape index (κ2) is 6.97. The van der Waals surface area contributed by atoms with Gasteiger partial charge in [0.25, 0.3) is 0 Å². The van der Waals surface area contributed by atoms with Crippen molar-refractivity contribution in [1.82, 2.24) is 20.2 Å². The molecule has 0 radical (unpaired) electrons. The van der Waals surface area contributed by atoms with Crippen LogP contribution in [0.4, 0.5) is 0 Å². The van der Waals surface area contributed by atoms with Crippen LogP contribution in [-0.4, -0.2) is 14.8 Å². The molecule has 0 aliphatic heterocycles. The van der Waals surface area contributed by atoms with E-state index in [0.29, 0.717) is 0 Å². The number of pyridine rings is 1. The SMILES string of the molecule is CCc1nn(CC)c(CC(NN)c2ccncc2)c1Br. The zero-order valence-corrected chi connectivity index (χ0v) is 13.4. The van der Waals surface area contributed by atoms with E-state index in [9.17, 15) is 0 Å². The lowest BCUT2D eigenvalue weighted by Crippen LogP contribution is -2.30. The maximum atomic E-state index is 5.72. The molecule has 0 aliphatic rings. The third-order valence-electron chi connectivity index (χ3n) is 3.40. The summed E-state index contributed by atoms with van der Waals surface area (Å²) in [5.41, 5.74) is 6.27. The summed E-state index contributed by atoms with van der Waals surface area (Å²) in [5, 5.41) is 4.62. The van der Waals surface area contributed by atoms with Crippen LogP contribution in [0.2, 0.25) is 0 Å². The molecule has 0 spiro atoms. The molecule has 2 aromatic heterocycles. The molecule has 0 fully saturated rings. The molecule has 6 heteroatoms. The minimum atomic E-state index is 0.0426. The first-order valence-corrected chi connectivity index (χ1v) is 7.60. The molecule has 1 unspecified atom stereocenters. The molecule has 108 valence electrons. The van der Waals surface area contributed by atoms with E-state index in [4.69, 9.17) is 5.84 Å². The molecule has 2 heterocycles. The molecule has 0 bridgehead atoms. The molecular formula is C14H20BrN5. The molecule has 2 aromatic rings. The van der Waals surface area contributed by atoms with Crippen molar-refractivity contribution in [3.8, 4) is 0 Å². The summed E-state index contributed by atoms with van der Waals surface area (Å²) in [6.45, 7) is 5.06. The van der Waals surface area contributed by atoms with Gasteiger partial charge in [-0.25, -0.2) is 0 Å². The molecule has 5 nitrogen and oxygen atoms in total. The van der Waals surface area contributed by atoms with Crippen molar-refractivity contribution in [3.63, 3.8) is 0 Å². The third kappa shape index (κ3) is 3.08. The number of hydrogen-bond donors (Lipinski definition) is 2. The first-order chi connectivity index (χ1) is 9.71. The first-order valence-electron chi connectivity index (χ1n) is 6.81. The lowest BCUT2D eigenvalue weighted by molar-refractivity contribution is 0.515. The zero-order valence-electron chi connectivity index (χ0n) is 11.8. The van der Waals surface area contributed by atoms with Crippen LogP contribution < -0.4 is 11.3 Å². The fourth-order valence-corrected chi connectivity index (χ4v) is 3.00. The van der Waals surface area contributed by atoms with Gasteiger partial charge >= 0.3 is 0 Å². The topological polar surface area (TPSA) is 68.8 Å². The minimum Gasteiger partial charge on any atom is -0.271 e. The van der Waals surface area contributed by atoms with Crippen molar-refractivity contribution in [2.24, 2.45) is 5.84 Å². The first kappa shape index (κ1) is 15.2. The van der Waals surface area contributed by atoms with Crippen molar-refractivity contribution in [3.05, 3.63) is 46.0 Å². The highest BCUT2D eigenvalue weighted by Crippen LogP contribution is 2.26. The molecule has 20 heavy (non-hydrogen) atoms. The summed E-state index contributed by atoms with van der Waals surface area (Å²) < 4.78 is 3.13. The molecule has 0 amide bonds. The predicted molar refractivity (Wildman–Crippen MR) is 83.0 cm³/mol. The quantitative estimate of drug-likeness (QED) is 0.627. The number of aryl methyl sites for hydroxylation is 2. The van der Waals surface area contributed by atoms with Gasteiger partial charge in [-0.3, -0.25) is 20.9 Å². The van der Waals surface area contributed by atoms with E-state index >= 15 is 0 Å². The zero-order chi connectivity index (χ0) is 14.5. The van der Waals surface area contributed by atoms with Crippen LogP contribution in [0, 0.1) is 0 Å². The summed E-state index contributed by atoms with van der Waals surface area (Å²) in [5.74, 6) is 5.72. The average Bonchev–Trinajstić information content (AvgIpc) is 2.81. The number of aromatic nitrogens is 3. The van der Waals surface area contributed by atoms with Gasteiger partial charge in [-0.05, 0) is 47.0 Å². The molecule has 2 rings (SSSR count). The lowest BCUT2D eigenvalue weighted by Gasteiger charge is -2.17. The van der Waals surface area contributed by atoms with Gasteiger partial charge in [0.15, 0.2) is 0 Å². The van der Waals surface area contributed by atoms with Crippen molar-refractivity contribution in [2.45, 2.75) is 39.3 Å². The number of rotatable bonds is 6. The number of hydrogen-bond acceptors (Lipinski definition) is 4. The maximum absolute atomic E-state index is 5.72. The highest BCUT2D eigenvalue weighted by molar-refractivity contribution is 9.10. The summed E-state index contributed by atoms with van der Waals surface area (Å²) in [6.07, 6.45) is 5.26. The van der Waals surface area contributed by atoms with Gasteiger partial charge in [0.1, 0.15) is 0 Å². The molecule has 1 atom stereocenters. The number of hydrazine groups is 1. The Bertz CT molecular complexity index is 552. The van der Waals surface area contributed by atoms with Crippen LogP contribution >= 0.6 is 15.9 Å². The van der Waals surface area contributed by atoms with Crippen molar-refractivity contribution >= 4 is 15.9 Å². The van der Waals surface area contributed by atoms with Gasteiger partial charge in [-0.1, -0.05) is 6.92 Å². The second-order valence-corrected chi connectivity index (χ2v) is 5.37. The molecule has 0 aliphatic carbocycles. The Hall–Kier alpha value is -1.24. The van der Waals surface area contributed by atoms with E-state index in [0.717, 1.165) is 35.1 Å². The second-order valence-electron chi connectivity index (χ2n) is 4.58. The van der Waals surface area contributed by atoms with Gasteiger partial charge in [-0.2, -0.15) is 5.10 Å². The van der Waals surface area contributed by atoms with Crippen molar-refractivity contribution < 1.29 is 0 Å². The summed E-state index contributed by atoms with van der Waals surface area (Å²) in [4.78, 5) is 4.04. The van der Waals surface area contributed by atoms with Gasteiger partial charge in [0.2, 0.25) is 0 Å². The van der Waals surface area contributed by atoms with Crippen molar-refractivity contribution in [2.75, 3.05) is 0 Å². The fourth-order valence-electron chi connectivity index (χ4n) is 2.27. The van der Waals surface area contributed by atoms with Gasteiger partial charge in [0.05, 0.1) is 21.9 Å². The van der Waals surface area contributed by atoms with E-state index in [1.807, 2.05) is 16.8 Å². The minimum absolute atomic E-state index is 0.0426. The number of nitrogens with one attached hydrogen (secondary N) is 1. The largest absolute Gasteiger partial charge is 0.271 e. The van der Waals surface area contributed by atoms with E-state index in [1.54, 1.807) is 12.4 Å². The van der Waals surface area contributed by atoms with Crippen LogP contribution in [0.25, 0.3) is 0 Å². The predicted octanol–water partition coefficient (Wildman–Crippen LogP) is 2.37. The Morgan fingerprint density at radius 2 is 2.05 bits per heavy atom. The molecule has 0 saturated carbocycles. The van der Waals surface area contributed by atoms with Gasteiger partial charge in [-0.15, -0.1) is 0 Å². The van der Waals surface area contributed by atoms with E-state index in [-0.39, 0.29) is 6.04 Å². The summed E-state index contributed by atoms with van der Waals surface area (Å²) >= 11 is 3.67. The van der Waals surface area contributed by atoms with Crippen LogP contribution in [-0.2, 0) is 19.4 Å². The molecular weight excluding hydrogens is 318 g/mol. The molecule has 3 N–H and O–H groups in total. The Balaban J connectivity index is 2.30.